The lowest BCUT2D eigenvalue weighted by Crippen LogP contribution is -2.92. The van der Waals surface area contributed by atoms with E-state index < -0.39 is 35.3 Å². The Kier molecular flexibility index (Phi) is 19.1. The third-order valence-electron chi connectivity index (χ3n) is 9.38. The van der Waals surface area contributed by atoms with Gasteiger partial charge in [0.25, 0.3) is 5.91 Å². The fraction of sp³-hybridized carbons (Fsp3) is 0.585. The lowest BCUT2D eigenvalue weighted by molar-refractivity contribution is -0.525. The number of fused-ring (bicyclic) bond motifs is 2. The van der Waals surface area contributed by atoms with E-state index in [0.29, 0.717) is 37.1 Å². The van der Waals surface area contributed by atoms with E-state index in [2.05, 4.69) is 67.0 Å². The number of amidine groups is 1. The molecule has 1 aromatic rings. The minimum absolute atomic E-state index is 0.0504. The number of hydrogen-bond acceptors (Lipinski definition) is 6. The fourth-order valence-corrected chi connectivity index (χ4v) is 6.48. The summed E-state index contributed by atoms with van der Waals surface area (Å²) in [5.41, 5.74) is 5.97. The summed E-state index contributed by atoms with van der Waals surface area (Å²) in [5, 5.41) is 20.3. The zero-order chi connectivity index (χ0) is 41.4. The molecular weight excluding hydrogens is 697 g/mol. The molecule has 4 rings (SSSR count). The van der Waals surface area contributed by atoms with Crippen LogP contribution in [0.2, 0.25) is 0 Å². The van der Waals surface area contributed by atoms with Gasteiger partial charge in [0, 0.05) is 31.1 Å². The van der Waals surface area contributed by atoms with Crippen LogP contribution < -0.4 is 31.4 Å². The highest BCUT2D eigenvalue weighted by Crippen LogP contribution is 2.41. The average molecular weight is 764 g/mol. The predicted octanol–water partition coefficient (Wildman–Crippen LogP) is 5.15. The minimum atomic E-state index is -4.48. The number of ether oxygens (including phenoxy) is 1. The SMILES string of the molecule is C/C=C1\NCC([NH+]=C(N)CCC)C2(C)C(O)C(NC(=O)c3cccc4c3OCCC4(C)C)CN12.C=C(/C=C(\C=C/C)C(F)(F)F)C(=O)NC.CC.CCC. The lowest BCUT2D eigenvalue weighted by Gasteiger charge is -2.47. The monoisotopic (exact) mass is 764 g/mol. The average Bonchev–Trinajstić information content (AvgIpc) is 3.38. The highest BCUT2D eigenvalue weighted by atomic mass is 19.4. The number of nitrogens with zero attached hydrogens (tertiary/aromatic N) is 1. The third kappa shape index (κ3) is 11.9. The van der Waals surface area contributed by atoms with Gasteiger partial charge in [-0.25, -0.2) is 0 Å². The van der Waals surface area contributed by atoms with Crippen molar-refractivity contribution in [2.45, 2.75) is 130 Å². The van der Waals surface area contributed by atoms with Crippen LogP contribution in [-0.2, 0) is 10.2 Å². The van der Waals surface area contributed by atoms with Gasteiger partial charge >= 0.3 is 6.18 Å². The van der Waals surface area contributed by atoms with Crippen LogP contribution >= 0.6 is 0 Å². The Morgan fingerprint density at radius 3 is 2.35 bits per heavy atom. The van der Waals surface area contributed by atoms with E-state index >= 15 is 0 Å². The molecule has 7 N–H and O–H groups in total. The summed E-state index contributed by atoms with van der Waals surface area (Å²) >= 11 is 0. The van der Waals surface area contributed by atoms with E-state index in [1.165, 1.54) is 26.5 Å². The van der Waals surface area contributed by atoms with Crippen LogP contribution in [-0.4, -0.2) is 84.3 Å². The molecule has 13 heteroatoms. The van der Waals surface area contributed by atoms with Crippen molar-refractivity contribution in [1.29, 1.82) is 0 Å². The topological polar surface area (TPSA) is 143 Å². The summed E-state index contributed by atoms with van der Waals surface area (Å²) in [5.74, 6) is 1.46. The number of benzene rings is 1. The standard InChI is InChI=1S/C26H39N5O3.C10H12F3NO.C3H8.C2H6/c1-6-9-20(27)30-19-14-28-21(7-2)31-15-18(23(32)26(19,31)5)29-24(33)16-10-8-11-17-22(16)34-13-12-25(17,3)4;1-4-5-8(10(11,12)13)6-7(2)9(15)14-3;1-3-2;1-2/h7-8,10-11,18-19,23,28,32H,6,9,12-15H2,1-5H3,(H2,27,30)(H,29,33);4-6H,2H2,1,3H3,(H,14,15);3H2,1-2H3;1-2H3/p+1/b21-7+;5-4-,8-6+;;. The van der Waals surface area contributed by atoms with Crippen LogP contribution in [0.4, 0.5) is 13.2 Å². The van der Waals surface area contributed by atoms with Crippen LogP contribution in [0, 0.1) is 0 Å². The molecule has 54 heavy (non-hydrogen) atoms. The van der Waals surface area contributed by atoms with E-state index in [0.717, 1.165) is 42.6 Å². The van der Waals surface area contributed by atoms with Gasteiger partial charge in [0.05, 0.1) is 36.2 Å². The van der Waals surface area contributed by atoms with Gasteiger partial charge in [0.15, 0.2) is 0 Å². The zero-order valence-corrected chi connectivity index (χ0v) is 34.3. The molecule has 2 amide bonds. The molecular formula is C41H66F3N6O4+. The second-order valence-electron chi connectivity index (χ2n) is 14.0. The fourth-order valence-electron chi connectivity index (χ4n) is 6.48. The van der Waals surface area contributed by atoms with Crippen LogP contribution in [0.3, 0.4) is 0 Å². The van der Waals surface area contributed by atoms with Crippen molar-refractivity contribution in [2.24, 2.45) is 5.73 Å². The normalized spacial score (nSPS) is 23.8. The van der Waals surface area contributed by atoms with Gasteiger partial charge in [0.2, 0.25) is 11.7 Å². The Balaban J connectivity index is 0.000000612. The molecule has 3 aliphatic heterocycles. The Bertz CT molecular complexity index is 1530. The summed E-state index contributed by atoms with van der Waals surface area (Å²) in [6.45, 7) is 25.1. The van der Waals surface area contributed by atoms with Crippen molar-refractivity contribution in [2.75, 3.05) is 26.7 Å². The van der Waals surface area contributed by atoms with Crippen LogP contribution in [0.25, 0.3) is 0 Å². The summed E-state index contributed by atoms with van der Waals surface area (Å²) in [6.07, 6.45) is 3.44. The van der Waals surface area contributed by atoms with E-state index in [-0.39, 0.29) is 22.9 Å². The molecule has 4 atom stereocenters. The van der Waals surface area contributed by atoms with Crippen molar-refractivity contribution in [3.05, 3.63) is 77.2 Å². The number of rotatable bonds is 8. The molecule has 3 heterocycles. The van der Waals surface area contributed by atoms with Gasteiger partial charge in [-0.15, -0.1) is 0 Å². The van der Waals surface area contributed by atoms with Crippen LogP contribution in [0.15, 0.2) is 66.0 Å². The van der Waals surface area contributed by atoms with Gasteiger partial charge in [-0.05, 0) is 57.2 Å². The first-order chi connectivity index (χ1) is 25.4. The highest BCUT2D eigenvalue weighted by molar-refractivity contribution is 5.98. The number of carbonyl (C=O) groups is 2. The maximum Gasteiger partial charge on any atom is 0.416 e. The number of aliphatic hydroxyl groups is 1. The molecule has 2 fully saturated rings. The number of alkyl halides is 3. The van der Waals surface area contributed by atoms with Crippen molar-refractivity contribution in [3.8, 4) is 5.75 Å². The molecule has 2 saturated heterocycles. The summed E-state index contributed by atoms with van der Waals surface area (Å²) in [6, 6.07) is 5.18. The number of allylic oxidation sites excluding steroid dienone is 4. The van der Waals surface area contributed by atoms with Gasteiger partial charge in [-0.3, -0.25) is 20.3 Å². The number of nitrogens with two attached hydrogens (primary N) is 1. The molecule has 0 spiro atoms. The molecule has 0 radical (unpaired) electrons. The van der Waals surface area contributed by atoms with Crippen molar-refractivity contribution in [1.82, 2.24) is 20.9 Å². The minimum Gasteiger partial charge on any atom is -0.492 e. The quantitative estimate of drug-likeness (QED) is 0.0932. The zero-order valence-electron chi connectivity index (χ0n) is 34.3. The Hall–Kier alpha value is -4.26. The van der Waals surface area contributed by atoms with Gasteiger partial charge in [-0.1, -0.05) is 85.8 Å². The van der Waals surface area contributed by atoms with Gasteiger partial charge in [0.1, 0.15) is 23.4 Å². The largest absolute Gasteiger partial charge is 0.492 e. The molecule has 0 bridgehead atoms. The van der Waals surface area contributed by atoms with Crippen LogP contribution in [0.1, 0.15) is 111 Å². The number of halogens is 3. The first-order valence-corrected chi connectivity index (χ1v) is 19.0. The lowest BCUT2D eigenvalue weighted by atomic mass is 9.79. The molecule has 304 valence electrons. The third-order valence-corrected chi connectivity index (χ3v) is 9.38. The second kappa shape index (κ2) is 21.6. The van der Waals surface area contributed by atoms with Crippen molar-refractivity contribution < 1.29 is 37.6 Å². The maximum atomic E-state index is 13.4. The number of aliphatic hydroxyl groups excluding tert-OH is 1. The number of amides is 2. The second-order valence-corrected chi connectivity index (χ2v) is 14.0. The molecule has 0 saturated carbocycles. The first-order valence-electron chi connectivity index (χ1n) is 19.0. The number of para-hydroxylation sites is 1. The summed E-state index contributed by atoms with van der Waals surface area (Å²) < 4.78 is 43.0. The summed E-state index contributed by atoms with van der Waals surface area (Å²) in [4.78, 5) is 30.0. The molecule has 10 nitrogen and oxygen atoms in total. The van der Waals surface area contributed by atoms with Gasteiger partial charge < -0.3 is 30.7 Å². The molecule has 4 unspecified atom stereocenters. The maximum absolute atomic E-state index is 13.4. The predicted molar refractivity (Wildman–Crippen MR) is 212 cm³/mol. The van der Waals surface area contributed by atoms with E-state index in [1.807, 2.05) is 45.9 Å². The molecule has 3 aliphatic rings. The highest BCUT2D eigenvalue weighted by Gasteiger charge is 2.58. The van der Waals surface area contributed by atoms with Crippen molar-refractivity contribution >= 4 is 17.6 Å². The number of nitrogens with one attached hydrogen (secondary N) is 4. The molecule has 1 aromatic carbocycles. The Labute approximate surface area is 321 Å². The van der Waals surface area contributed by atoms with E-state index in [4.69, 9.17) is 10.5 Å². The Morgan fingerprint density at radius 2 is 1.81 bits per heavy atom. The Morgan fingerprint density at radius 1 is 1.19 bits per heavy atom. The molecule has 0 aliphatic carbocycles. The van der Waals surface area contributed by atoms with Crippen LogP contribution in [0.5, 0.6) is 5.75 Å². The summed E-state index contributed by atoms with van der Waals surface area (Å²) in [7, 11) is 1.32. The molecule has 0 aromatic heterocycles. The number of carbonyl (C=O) groups excluding carboxylic acids is 2. The van der Waals surface area contributed by atoms with E-state index in [9.17, 15) is 27.9 Å². The van der Waals surface area contributed by atoms with E-state index in [1.54, 1.807) is 6.07 Å². The first kappa shape index (κ1) is 47.8. The number of likely N-dealkylation sites (N-methyl/N-ethyl adjacent to an activating group) is 1. The van der Waals surface area contributed by atoms with Crippen molar-refractivity contribution in [3.63, 3.8) is 0 Å². The van der Waals surface area contributed by atoms with Gasteiger partial charge in [-0.2, -0.15) is 13.2 Å². The number of hydrogen-bond donors (Lipinski definition) is 6. The smallest absolute Gasteiger partial charge is 0.416 e.